The van der Waals surface area contributed by atoms with E-state index < -0.39 is 11.7 Å². The lowest BCUT2D eigenvalue weighted by molar-refractivity contribution is 0.0347. The summed E-state index contributed by atoms with van der Waals surface area (Å²) >= 11 is 0. The lowest BCUT2D eigenvalue weighted by Crippen LogP contribution is -2.48. The number of carbonyl (C=O) groups excluding carboxylic acids is 1. The van der Waals surface area contributed by atoms with E-state index in [0.29, 0.717) is 25.1 Å². The summed E-state index contributed by atoms with van der Waals surface area (Å²) < 4.78 is 5.65. The fourth-order valence-electron chi connectivity index (χ4n) is 3.56. The zero-order valence-electron chi connectivity index (χ0n) is 17.5. The number of ether oxygens (including phenoxy) is 1. The maximum atomic E-state index is 12.6. The van der Waals surface area contributed by atoms with Crippen LogP contribution < -0.4 is 10.2 Å². The van der Waals surface area contributed by atoms with Crippen molar-refractivity contribution < 1.29 is 19.7 Å². The number of β-amino-alcohol motifs (C(OH)–C–C–N with tert-alkyl or cyclic N) is 1. The number of nitrogens with zero attached hydrogens (tertiary/aromatic N) is 1. The fourth-order valence-corrected chi connectivity index (χ4v) is 3.56. The lowest BCUT2D eigenvalue weighted by atomic mass is 9.93. The van der Waals surface area contributed by atoms with Gasteiger partial charge in [-0.05, 0) is 57.9 Å². The highest BCUT2D eigenvalue weighted by Gasteiger charge is 2.38. The maximum absolute atomic E-state index is 12.6. The number of hydrogen-bond donors (Lipinski definition) is 3. The van der Waals surface area contributed by atoms with E-state index in [1.54, 1.807) is 29.2 Å². The number of benzene rings is 2. The summed E-state index contributed by atoms with van der Waals surface area (Å²) in [7, 11) is 0. The minimum absolute atomic E-state index is 0.131. The summed E-state index contributed by atoms with van der Waals surface area (Å²) in [5.74, 6) is 0.131. The van der Waals surface area contributed by atoms with Crippen molar-refractivity contribution in [3.8, 4) is 5.75 Å². The summed E-state index contributed by atoms with van der Waals surface area (Å²) in [6.45, 7) is 8.70. The zero-order chi connectivity index (χ0) is 21.2. The topological polar surface area (TPSA) is 82.0 Å². The van der Waals surface area contributed by atoms with Gasteiger partial charge in [0, 0.05) is 24.2 Å². The number of phenols is 1. The molecule has 0 aliphatic carbocycles. The number of aliphatic hydroxyl groups excluding tert-OH is 1. The van der Waals surface area contributed by atoms with Crippen molar-refractivity contribution >= 4 is 11.8 Å². The summed E-state index contributed by atoms with van der Waals surface area (Å²) in [4.78, 5) is 14.3. The molecule has 1 atom stereocenters. The summed E-state index contributed by atoms with van der Waals surface area (Å²) in [6, 6.07) is 14.4. The van der Waals surface area contributed by atoms with Crippen molar-refractivity contribution in [1.29, 1.82) is 0 Å². The third-order valence-corrected chi connectivity index (χ3v) is 5.40. The van der Waals surface area contributed by atoms with Crippen LogP contribution in [0.25, 0.3) is 0 Å². The molecular weight excluding hydrogens is 368 g/mol. The Labute approximate surface area is 172 Å². The number of hydrogen-bond acceptors (Lipinski definition) is 5. The Morgan fingerprint density at radius 3 is 2.62 bits per heavy atom. The SMILES string of the molecule is CC(C)(CCN1C(=O)OC(C)(C)c2ccccc21)NCC(O)c1cccc(O)c1. The first-order valence-electron chi connectivity index (χ1n) is 9.91. The molecule has 2 aromatic rings. The quantitative estimate of drug-likeness (QED) is 0.655. The van der Waals surface area contributed by atoms with Gasteiger partial charge >= 0.3 is 6.09 Å². The first-order valence-corrected chi connectivity index (χ1v) is 9.91. The highest BCUT2D eigenvalue weighted by molar-refractivity contribution is 5.91. The van der Waals surface area contributed by atoms with E-state index in [9.17, 15) is 15.0 Å². The second-order valence-corrected chi connectivity index (χ2v) is 8.67. The molecule has 3 N–H and O–H groups in total. The highest BCUT2D eigenvalue weighted by Crippen LogP contribution is 2.38. The van der Waals surface area contributed by atoms with Crippen molar-refractivity contribution in [2.45, 2.75) is 51.4 Å². The number of anilines is 1. The molecule has 1 amide bonds. The number of amides is 1. The highest BCUT2D eigenvalue weighted by atomic mass is 16.6. The number of carbonyl (C=O) groups is 1. The number of phenolic OH excluding ortho intramolecular Hbond substituents is 1. The van der Waals surface area contributed by atoms with Crippen molar-refractivity contribution in [1.82, 2.24) is 5.32 Å². The maximum Gasteiger partial charge on any atom is 0.415 e. The Balaban J connectivity index is 1.63. The minimum atomic E-state index is -0.733. The van der Waals surface area contributed by atoms with Crippen molar-refractivity contribution in [3.63, 3.8) is 0 Å². The van der Waals surface area contributed by atoms with Gasteiger partial charge in [0.05, 0.1) is 11.8 Å². The van der Waals surface area contributed by atoms with Gasteiger partial charge in [0.25, 0.3) is 0 Å². The van der Waals surface area contributed by atoms with Crippen LogP contribution in [0.4, 0.5) is 10.5 Å². The van der Waals surface area contributed by atoms with Crippen LogP contribution in [0.1, 0.15) is 51.3 Å². The van der Waals surface area contributed by atoms with Gasteiger partial charge in [-0.1, -0.05) is 30.3 Å². The van der Waals surface area contributed by atoms with Gasteiger partial charge in [0.1, 0.15) is 11.4 Å². The molecule has 0 aromatic heterocycles. The molecule has 0 radical (unpaired) electrons. The molecule has 0 saturated heterocycles. The lowest BCUT2D eigenvalue weighted by Gasteiger charge is -2.39. The monoisotopic (exact) mass is 398 g/mol. The van der Waals surface area contributed by atoms with Gasteiger partial charge < -0.3 is 20.3 Å². The normalized spacial score (nSPS) is 16.9. The molecule has 156 valence electrons. The fraction of sp³-hybridized carbons (Fsp3) is 0.435. The first-order chi connectivity index (χ1) is 13.6. The number of para-hydroxylation sites is 1. The second-order valence-electron chi connectivity index (χ2n) is 8.67. The van der Waals surface area contributed by atoms with Crippen LogP contribution >= 0.6 is 0 Å². The predicted octanol–water partition coefficient (Wildman–Crippen LogP) is 4.08. The largest absolute Gasteiger partial charge is 0.508 e. The number of rotatable bonds is 7. The number of aliphatic hydroxyl groups is 1. The molecule has 1 heterocycles. The third-order valence-electron chi connectivity index (χ3n) is 5.40. The molecule has 3 rings (SSSR count). The van der Waals surface area contributed by atoms with E-state index in [1.807, 2.05) is 52.0 Å². The Hall–Kier alpha value is -2.57. The van der Waals surface area contributed by atoms with Crippen molar-refractivity contribution in [2.75, 3.05) is 18.0 Å². The van der Waals surface area contributed by atoms with Gasteiger partial charge in [-0.3, -0.25) is 4.90 Å². The van der Waals surface area contributed by atoms with Crippen LogP contribution in [0, 0.1) is 0 Å². The molecule has 0 saturated carbocycles. The van der Waals surface area contributed by atoms with Gasteiger partial charge in [0.15, 0.2) is 0 Å². The number of cyclic esters (lactones) is 1. The Bertz CT molecular complexity index is 879. The van der Waals surface area contributed by atoms with Gasteiger partial charge in [-0.25, -0.2) is 4.79 Å². The van der Waals surface area contributed by atoms with Crippen LogP contribution in [0.2, 0.25) is 0 Å². The zero-order valence-corrected chi connectivity index (χ0v) is 17.5. The standard InChI is InChI=1S/C23H30N2O4/c1-22(2,24-15-20(27)16-8-7-9-17(26)14-16)12-13-25-19-11-6-5-10-18(19)23(3,4)29-21(25)28/h5-11,14,20,24,26-27H,12-13,15H2,1-4H3. The Morgan fingerprint density at radius 1 is 1.17 bits per heavy atom. The van der Waals surface area contributed by atoms with Gasteiger partial charge in [-0.2, -0.15) is 0 Å². The van der Waals surface area contributed by atoms with Crippen molar-refractivity contribution in [2.24, 2.45) is 0 Å². The Morgan fingerprint density at radius 2 is 1.90 bits per heavy atom. The molecule has 1 aliphatic heterocycles. The van der Waals surface area contributed by atoms with E-state index >= 15 is 0 Å². The van der Waals surface area contributed by atoms with Crippen molar-refractivity contribution in [3.05, 3.63) is 59.7 Å². The predicted molar refractivity (Wildman–Crippen MR) is 113 cm³/mol. The molecule has 0 bridgehead atoms. The molecule has 6 nitrogen and oxygen atoms in total. The molecule has 29 heavy (non-hydrogen) atoms. The van der Waals surface area contributed by atoms with Crippen LogP contribution in [0.3, 0.4) is 0 Å². The van der Waals surface area contributed by atoms with E-state index in [2.05, 4.69) is 5.32 Å². The van der Waals surface area contributed by atoms with Gasteiger partial charge in [0.2, 0.25) is 0 Å². The molecule has 0 fully saturated rings. The number of aromatic hydroxyl groups is 1. The smallest absolute Gasteiger partial charge is 0.415 e. The van der Waals surface area contributed by atoms with Crippen LogP contribution in [-0.4, -0.2) is 34.9 Å². The molecule has 1 aliphatic rings. The molecule has 0 spiro atoms. The summed E-state index contributed by atoms with van der Waals surface area (Å²) in [6.07, 6.45) is -0.406. The molecule has 1 unspecified atom stereocenters. The van der Waals surface area contributed by atoms with Gasteiger partial charge in [-0.15, -0.1) is 0 Å². The van der Waals surface area contributed by atoms with E-state index in [-0.39, 0.29) is 17.4 Å². The third kappa shape index (κ3) is 4.89. The summed E-state index contributed by atoms with van der Waals surface area (Å²) in [5.41, 5.74) is 1.56. The second kappa shape index (κ2) is 8.05. The number of nitrogens with one attached hydrogen (secondary N) is 1. The number of fused-ring (bicyclic) bond motifs is 1. The Kier molecular flexibility index (Phi) is 5.87. The summed E-state index contributed by atoms with van der Waals surface area (Å²) in [5, 5.41) is 23.3. The average molecular weight is 399 g/mol. The van der Waals surface area contributed by atoms with E-state index in [0.717, 1.165) is 11.3 Å². The molecule has 2 aromatic carbocycles. The van der Waals surface area contributed by atoms with E-state index in [4.69, 9.17) is 4.74 Å². The van der Waals surface area contributed by atoms with E-state index in [1.165, 1.54) is 0 Å². The van der Waals surface area contributed by atoms with Crippen LogP contribution in [0.15, 0.2) is 48.5 Å². The van der Waals surface area contributed by atoms with Crippen LogP contribution in [-0.2, 0) is 10.3 Å². The first kappa shape index (κ1) is 21.1. The van der Waals surface area contributed by atoms with Crippen LogP contribution in [0.5, 0.6) is 5.75 Å². The minimum Gasteiger partial charge on any atom is -0.508 e. The molecular formula is C23H30N2O4. The average Bonchev–Trinajstić information content (AvgIpc) is 2.65. The molecule has 6 heteroatoms.